The minimum atomic E-state index is -0.230. The van der Waals surface area contributed by atoms with Crippen LogP contribution in [0.5, 0.6) is 0 Å². The Morgan fingerprint density at radius 3 is 2.91 bits per heavy atom. The minimum Gasteiger partial charge on any atom is -0.378 e. The van der Waals surface area contributed by atoms with Crippen LogP contribution in [-0.2, 0) is 14.9 Å². The topological polar surface area (TPSA) is 50.4 Å². The number of ether oxygens (including phenoxy) is 1. The molecule has 5 heteroatoms. The molecular formula is C17H23ClN2O2. The van der Waals surface area contributed by atoms with Crippen LogP contribution < -0.4 is 10.6 Å². The lowest BCUT2D eigenvalue weighted by atomic mass is 9.78. The van der Waals surface area contributed by atoms with E-state index in [1.54, 1.807) is 0 Å². The highest BCUT2D eigenvalue weighted by molar-refractivity contribution is 6.30. The Bertz CT molecular complexity index is 523. The highest BCUT2D eigenvalue weighted by Gasteiger charge is 2.36. The fourth-order valence-corrected chi connectivity index (χ4v) is 3.74. The zero-order valence-corrected chi connectivity index (χ0v) is 13.5. The van der Waals surface area contributed by atoms with Crippen LogP contribution in [0.3, 0.4) is 0 Å². The first-order valence-corrected chi connectivity index (χ1v) is 8.42. The lowest BCUT2D eigenvalue weighted by Gasteiger charge is -2.31. The van der Waals surface area contributed by atoms with Gasteiger partial charge in [0.25, 0.3) is 0 Å². The van der Waals surface area contributed by atoms with E-state index in [-0.39, 0.29) is 17.4 Å². The number of rotatable bonds is 4. The first-order valence-electron chi connectivity index (χ1n) is 8.05. The summed E-state index contributed by atoms with van der Waals surface area (Å²) < 4.78 is 5.36. The maximum Gasteiger partial charge on any atom is 0.239 e. The third-order valence-electron chi connectivity index (χ3n) is 4.84. The number of nitrogens with one attached hydrogen (secondary N) is 2. The van der Waals surface area contributed by atoms with E-state index < -0.39 is 0 Å². The molecule has 1 amide bonds. The van der Waals surface area contributed by atoms with Crippen LogP contribution in [-0.4, -0.2) is 38.3 Å². The summed E-state index contributed by atoms with van der Waals surface area (Å²) in [6.07, 6.45) is 4.60. The van der Waals surface area contributed by atoms with E-state index in [4.69, 9.17) is 16.3 Å². The van der Waals surface area contributed by atoms with Gasteiger partial charge in [0.05, 0.1) is 13.2 Å². The van der Waals surface area contributed by atoms with Crippen molar-refractivity contribution < 1.29 is 9.53 Å². The van der Waals surface area contributed by atoms with Crippen molar-refractivity contribution >= 4 is 17.5 Å². The Labute approximate surface area is 136 Å². The van der Waals surface area contributed by atoms with Crippen LogP contribution in [0.1, 0.15) is 31.2 Å². The highest BCUT2D eigenvalue weighted by atomic mass is 35.5. The van der Waals surface area contributed by atoms with Crippen molar-refractivity contribution in [3.05, 3.63) is 34.9 Å². The van der Waals surface area contributed by atoms with Gasteiger partial charge in [-0.15, -0.1) is 0 Å². The number of hydrogen-bond acceptors (Lipinski definition) is 3. The predicted molar refractivity (Wildman–Crippen MR) is 87.2 cm³/mol. The average Bonchev–Trinajstić information content (AvgIpc) is 3.04. The van der Waals surface area contributed by atoms with E-state index in [0.717, 1.165) is 24.4 Å². The summed E-state index contributed by atoms with van der Waals surface area (Å²) in [7, 11) is 0. The third-order valence-corrected chi connectivity index (χ3v) is 5.07. The number of hydrogen-bond donors (Lipinski definition) is 2. The maximum atomic E-state index is 12.3. The van der Waals surface area contributed by atoms with E-state index in [1.165, 1.54) is 18.4 Å². The molecule has 0 aromatic heterocycles. The predicted octanol–water partition coefficient (Wildman–Crippen LogP) is 2.26. The lowest BCUT2D eigenvalue weighted by Crippen LogP contribution is -2.53. The van der Waals surface area contributed by atoms with Crippen molar-refractivity contribution in [2.24, 2.45) is 0 Å². The van der Waals surface area contributed by atoms with Gasteiger partial charge in [-0.3, -0.25) is 4.79 Å². The summed E-state index contributed by atoms with van der Waals surface area (Å²) in [5.74, 6) is 0.0352. The van der Waals surface area contributed by atoms with Crippen LogP contribution in [0.2, 0.25) is 5.02 Å². The second-order valence-corrected chi connectivity index (χ2v) is 6.73. The number of amides is 1. The third kappa shape index (κ3) is 3.45. The van der Waals surface area contributed by atoms with Crippen LogP contribution in [0.25, 0.3) is 0 Å². The first kappa shape index (κ1) is 15.8. The van der Waals surface area contributed by atoms with Crippen LogP contribution in [0.4, 0.5) is 0 Å². The molecule has 1 aliphatic heterocycles. The van der Waals surface area contributed by atoms with Crippen molar-refractivity contribution in [2.75, 3.05) is 26.3 Å². The summed E-state index contributed by atoms with van der Waals surface area (Å²) in [5, 5.41) is 7.09. The van der Waals surface area contributed by atoms with Crippen LogP contribution in [0.15, 0.2) is 24.3 Å². The molecular weight excluding hydrogens is 300 g/mol. The molecule has 2 N–H and O–H groups in total. The Balaban J connectivity index is 1.68. The molecule has 1 unspecified atom stereocenters. The van der Waals surface area contributed by atoms with E-state index in [2.05, 4.69) is 16.7 Å². The van der Waals surface area contributed by atoms with Crippen LogP contribution >= 0.6 is 11.6 Å². The normalized spacial score (nSPS) is 24.1. The number of carbonyl (C=O) groups is 1. The maximum absolute atomic E-state index is 12.3. The van der Waals surface area contributed by atoms with Gasteiger partial charge in [-0.2, -0.15) is 0 Å². The fraction of sp³-hybridized carbons (Fsp3) is 0.588. The van der Waals surface area contributed by atoms with Gasteiger partial charge in [0, 0.05) is 23.5 Å². The Morgan fingerprint density at radius 1 is 1.41 bits per heavy atom. The zero-order chi connectivity index (χ0) is 15.4. The standard InChI is InChI=1S/C17H23ClN2O2/c18-14-5-3-4-13(10-14)17(6-1-2-7-17)12-20-16(21)15-11-22-9-8-19-15/h3-5,10,15,19H,1-2,6-9,11-12H2,(H,20,21). The summed E-state index contributed by atoms with van der Waals surface area (Å²) in [4.78, 5) is 12.3. The van der Waals surface area contributed by atoms with Crippen molar-refractivity contribution in [3.63, 3.8) is 0 Å². The summed E-state index contributed by atoms with van der Waals surface area (Å²) >= 11 is 6.16. The summed E-state index contributed by atoms with van der Waals surface area (Å²) in [5.41, 5.74) is 1.27. The molecule has 1 atom stereocenters. The van der Waals surface area contributed by atoms with Gasteiger partial charge in [-0.1, -0.05) is 36.6 Å². The first-order chi connectivity index (χ1) is 10.7. The molecule has 2 fully saturated rings. The summed E-state index contributed by atoms with van der Waals surface area (Å²) in [6.45, 7) is 2.54. The Morgan fingerprint density at radius 2 is 2.23 bits per heavy atom. The second-order valence-electron chi connectivity index (χ2n) is 6.30. The molecule has 2 aliphatic rings. The smallest absolute Gasteiger partial charge is 0.239 e. The van der Waals surface area contributed by atoms with Crippen molar-refractivity contribution in [2.45, 2.75) is 37.1 Å². The molecule has 4 nitrogen and oxygen atoms in total. The van der Waals surface area contributed by atoms with Crippen molar-refractivity contribution in [3.8, 4) is 0 Å². The van der Waals surface area contributed by atoms with Crippen molar-refractivity contribution in [1.82, 2.24) is 10.6 Å². The molecule has 0 bridgehead atoms. The van der Waals surface area contributed by atoms with Gasteiger partial charge in [0.15, 0.2) is 0 Å². The average molecular weight is 323 g/mol. The van der Waals surface area contributed by atoms with Gasteiger partial charge in [-0.25, -0.2) is 0 Å². The largest absolute Gasteiger partial charge is 0.378 e. The molecule has 120 valence electrons. The number of carbonyl (C=O) groups excluding carboxylic acids is 1. The molecule has 1 aromatic rings. The quantitative estimate of drug-likeness (QED) is 0.894. The van der Waals surface area contributed by atoms with Gasteiger partial charge in [0.1, 0.15) is 6.04 Å². The Kier molecular flexibility index (Phi) is 5.01. The molecule has 3 rings (SSSR count). The molecule has 0 spiro atoms. The minimum absolute atomic E-state index is 0.0239. The fourth-order valence-electron chi connectivity index (χ4n) is 3.55. The molecule has 0 radical (unpaired) electrons. The zero-order valence-electron chi connectivity index (χ0n) is 12.7. The van der Waals surface area contributed by atoms with E-state index in [1.807, 2.05) is 18.2 Å². The molecule has 1 aromatic carbocycles. The number of benzene rings is 1. The number of morpholine rings is 1. The molecule has 1 heterocycles. The van der Waals surface area contributed by atoms with Gasteiger partial charge in [0.2, 0.25) is 5.91 Å². The van der Waals surface area contributed by atoms with Gasteiger partial charge < -0.3 is 15.4 Å². The van der Waals surface area contributed by atoms with Crippen LogP contribution in [0, 0.1) is 0 Å². The molecule has 22 heavy (non-hydrogen) atoms. The van der Waals surface area contributed by atoms with E-state index in [9.17, 15) is 4.79 Å². The molecule has 1 aliphatic carbocycles. The Hall–Kier alpha value is -1.10. The summed E-state index contributed by atoms with van der Waals surface area (Å²) in [6, 6.07) is 7.84. The number of halogens is 1. The van der Waals surface area contributed by atoms with E-state index in [0.29, 0.717) is 19.8 Å². The molecule has 1 saturated heterocycles. The van der Waals surface area contributed by atoms with E-state index >= 15 is 0 Å². The monoisotopic (exact) mass is 322 g/mol. The second kappa shape index (κ2) is 6.99. The SMILES string of the molecule is O=C(NCC1(c2cccc(Cl)c2)CCCC1)C1COCCN1. The highest BCUT2D eigenvalue weighted by Crippen LogP contribution is 2.41. The lowest BCUT2D eigenvalue weighted by molar-refractivity contribution is -0.126. The molecule has 1 saturated carbocycles. The van der Waals surface area contributed by atoms with Gasteiger partial charge >= 0.3 is 0 Å². The van der Waals surface area contributed by atoms with Crippen molar-refractivity contribution in [1.29, 1.82) is 0 Å². The van der Waals surface area contributed by atoms with Gasteiger partial charge in [-0.05, 0) is 30.5 Å².